The van der Waals surface area contributed by atoms with Gasteiger partial charge in [0.25, 0.3) is 6.43 Å². The van der Waals surface area contributed by atoms with Gasteiger partial charge in [-0.2, -0.15) is 0 Å². The standard InChI is InChI=1S/C5H8F2N2O/c6-5(7)3-1-10-2-4(8)9-3/h3,5H,1-2H2,(H2,8,9). The number of hydrogen-bond donors (Lipinski definition) is 1. The summed E-state index contributed by atoms with van der Waals surface area (Å²) in [6, 6.07) is -1.06. The number of nitrogens with two attached hydrogens (primary N) is 1. The molecule has 0 bridgehead atoms. The summed E-state index contributed by atoms with van der Waals surface area (Å²) in [6.45, 7) is 0.140. The Morgan fingerprint density at radius 3 is 2.80 bits per heavy atom. The van der Waals surface area contributed by atoms with Gasteiger partial charge in [-0.25, -0.2) is 8.78 Å². The third-order valence-electron chi connectivity index (χ3n) is 1.16. The minimum Gasteiger partial charge on any atom is -0.386 e. The van der Waals surface area contributed by atoms with Crippen molar-refractivity contribution in [2.24, 2.45) is 10.7 Å². The van der Waals surface area contributed by atoms with Crippen molar-refractivity contribution in [1.82, 2.24) is 0 Å². The van der Waals surface area contributed by atoms with Crippen molar-refractivity contribution < 1.29 is 13.5 Å². The van der Waals surface area contributed by atoms with Gasteiger partial charge >= 0.3 is 0 Å². The lowest BCUT2D eigenvalue weighted by atomic mass is 10.3. The van der Waals surface area contributed by atoms with Crippen LogP contribution in [-0.2, 0) is 4.74 Å². The van der Waals surface area contributed by atoms with Crippen molar-refractivity contribution in [2.75, 3.05) is 13.2 Å². The molecular formula is C5H8F2N2O. The first kappa shape index (κ1) is 7.40. The molecule has 0 aromatic rings. The first-order valence-corrected chi connectivity index (χ1v) is 2.88. The molecule has 0 aromatic heterocycles. The molecule has 10 heavy (non-hydrogen) atoms. The largest absolute Gasteiger partial charge is 0.386 e. The van der Waals surface area contributed by atoms with Crippen LogP contribution in [0.25, 0.3) is 0 Å². The zero-order valence-corrected chi connectivity index (χ0v) is 5.26. The van der Waals surface area contributed by atoms with Crippen LogP contribution in [0, 0.1) is 0 Å². The number of alkyl halides is 2. The van der Waals surface area contributed by atoms with Crippen molar-refractivity contribution in [3.8, 4) is 0 Å². The maximum absolute atomic E-state index is 11.9. The van der Waals surface area contributed by atoms with E-state index in [0.29, 0.717) is 0 Å². The van der Waals surface area contributed by atoms with Crippen LogP contribution in [0.2, 0.25) is 0 Å². The Kier molecular flexibility index (Phi) is 2.16. The molecule has 1 heterocycles. The summed E-state index contributed by atoms with van der Waals surface area (Å²) >= 11 is 0. The third-order valence-corrected chi connectivity index (χ3v) is 1.16. The third kappa shape index (κ3) is 1.63. The van der Waals surface area contributed by atoms with Crippen LogP contribution in [0.15, 0.2) is 4.99 Å². The molecule has 0 saturated heterocycles. The fourth-order valence-electron chi connectivity index (χ4n) is 0.701. The topological polar surface area (TPSA) is 47.6 Å². The lowest BCUT2D eigenvalue weighted by molar-refractivity contribution is 0.0505. The number of ether oxygens (including phenoxy) is 1. The number of rotatable bonds is 1. The van der Waals surface area contributed by atoms with E-state index in [1.807, 2.05) is 0 Å². The first-order chi connectivity index (χ1) is 4.70. The van der Waals surface area contributed by atoms with E-state index in [0.717, 1.165) is 0 Å². The monoisotopic (exact) mass is 150 g/mol. The number of halogens is 2. The van der Waals surface area contributed by atoms with Gasteiger partial charge < -0.3 is 10.5 Å². The van der Waals surface area contributed by atoms with Gasteiger partial charge in [0.2, 0.25) is 0 Å². The molecule has 5 heteroatoms. The van der Waals surface area contributed by atoms with Crippen LogP contribution >= 0.6 is 0 Å². The summed E-state index contributed by atoms with van der Waals surface area (Å²) < 4.78 is 28.4. The molecule has 0 radical (unpaired) electrons. The van der Waals surface area contributed by atoms with E-state index in [4.69, 9.17) is 10.5 Å². The number of aliphatic imine (C=N–C) groups is 1. The van der Waals surface area contributed by atoms with Gasteiger partial charge in [-0.15, -0.1) is 0 Å². The van der Waals surface area contributed by atoms with Crippen LogP contribution in [-0.4, -0.2) is 31.5 Å². The highest BCUT2D eigenvalue weighted by Crippen LogP contribution is 2.08. The second-order valence-corrected chi connectivity index (χ2v) is 2.04. The molecule has 1 atom stereocenters. The van der Waals surface area contributed by atoms with Crippen molar-refractivity contribution in [1.29, 1.82) is 0 Å². The number of nitrogens with zero attached hydrogens (tertiary/aromatic N) is 1. The van der Waals surface area contributed by atoms with Crippen molar-refractivity contribution >= 4 is 5.84 Å². The Morgan fingerprint density at radius 1 is 1.70 bits per heavy atom. The molecule has 1 aliphatic heterocycles. The molecule has 1 rings (SSSR count). The highest BCUT2D eigenvalue weighted by atomic mass is 19.3. The molecule has 0 spiro atoms. The fraction of sp³-hybridized carbons (Fsp3) is 0.800. The second kappa shape index (κ2) is 2.92. The Bertz CT molecular complexity index is 149. The zero-order chi connectivity index (χ0) is 7.56. The molecule has 0 amide bonds. The van der Waals surface area contributed by atoms with Crippen LogP contribution in [0.4, 0.5) is 8.78 Å². The van der Waals surface area contributed by atoms with Gasteiger partial charge in [0.15, 0.2) is 0 Å². The molecule has 3 nitrogen and oxygen atoms in total. The summed E-state index contributed by atoms with van der Waals surface area (Å²) in [5, 5.41) is 0. The van der Waals surface area contributed by atoms with Gasteiger partial charge in [-0.3, -0.25) is 4.99 Å². The molecule has 0 aliphatic carbocycles. The maximum Gasteiger partial charge on any atom is 0.262 e. The van der Waals surface area contributed by atoms with Gasteiger partial charge in [0.05, 0.1) is 6.61 Å². The van der Waals surface area contributed by atoms with E-state index in [1.165, 1.54) is 0 Å². The summed E-state index contributed by atoms with van der Waals surface area (Å²) in [5.41, 5.74) is 5.15. The van der Waals surface area contributed by atoms with E-state index in [9.17, 15) is 8.78 Å². The van der Waals surface area contributed by atoms with E-state index in [1.54, 1.807) is 0 Å². The molecule has 0 fully saturated rings. The lowest BCUT2D eigenvalue weighted by Gasteiger charge is -2.17. The smallest absolute Gasteiger partial charge is 0.262 e. The van der Waals surface area contributed by atoms with E-state index in [2.05, 4.69) is 4.99 Å². The van der Waals surface area contributed by atoms with Gasteiger partial charge in [-0.1, -0.05) is 0 Å². The minimum absolute atomic E-state index is 0.0294. The van der Waals surface area contributed by atoms with E-state index >= 15 is 0 Å². The minimum atomic E-state index is -2.47. The van der Waals surface area contributed by atoms with Gasteiger partial charge in [0, 0.05) is 0 Å². The highest BCUT2D eigenvalue weighted by Gasteiger charge is 2.22. The van der Waals surface area contributed by atoms with Crippen LogP contribution in [0.1, 0.15) is 0 Å². The highest BCUT2D eigenvalue weighted by molar-refractivity contribution is 5.82. The molecule has 0 saturated carbocycles. The average molecular weight is 150 g/mol. The average Bonchev–Trinajstić information content (AvgIpc) is 1.88. The molecule has 58 valence electrons. The van der Waals surface area contributed by atoms with Crippen molar-refractivity contribution in [3.05, 3.63) is 0 Å². The summed E-state index contributed by atoms with van der Waals surface area (Å²) in [7, 11) is 0. The maximum atomic E-state index is 11.9. The molecule has 2 N–H and O–H groups in total. The lowest BCUT2D eigenvalue weighted by Crippen LogP contribution is -2.34. The number of hydrogen-bond acceptors (Lipinski definition) is 3. The summed E-state index contributed by atoms with van der Waals surface area (Å²) in [6.07, 6.45) is -2.47. The Balaban J connectivity index is 2.53. The predicted octanol–water partition coefficient (Wildman–Crippen LogP) is 0.00750. The zero-order valence-electron chi connectivity index (χ0n) is 5.26. The normalized spacial score (nSPS) is 26.7. The van der Waals surface area contributed by atoms with Crippen LogP contribution < -0.4 is 5.73 Å². The van der Waals surface area contributed by atoms with Crippen molar-refractivity contribution in [3.63, 3.8) is 0 Å². The first-order valence-electron chi connectivity index (χ1n) is 2.88. The number of amidine groups is 1. The molecule has 1 unspecified atom stereocenters. The second-order valence-electron chi connectivity index (χ2n) is 2.04. The SMILES string of the molecule is NC1=NC(C(F)F)COC1. The molecular weight excluding hydrogens is 142 g/mol. The van der Waals surface area contributed by atoms with Crippen LogP contribution in [0.5, 0.6) is 0 Å². The fourth-order valence-corrected chi connectivity index (χ4v) is 0.701. The molecule has 1 aliphatic rings. The predicted molar refractivity (Wildman–Crippen MR) is 32.2 cm³/mol. The Hall–Kier alpha value is -0.710. The molecule has 0 aromatic carbocycles. The van der Waals surface area contributed by atoms with E-state index in [-0.39, 0.29) is 19.0 Å². The van der Waals surface area contributed by atoms with E-state index < -0.39 is 12.5 Å². The Labute approximate surface area is 56.9 Å². The van der Waals surface area contributed by atoms with Gasteiger partial charge in [0.1, 0.15) is 18.5 Å². The Morgan fingerprint density at radius 2 is 2.40 bits per heavy atom. The van der Waals surface area contributed by atoms with Crippen LogP contribution in [0.3, 0.4) is 0 Å². The quantitative estimate of drug-likeness (QED) is 0.572. The summed E-state index contributed by atoms with van der Waals surface area (Å²) in [4.78, 5) is 3.50. The summed E-state index contributed by atoms with van der Waals surface area (Å²) in [5.74, 6) is 0.150. The van der Waals surface area contributed by atoms with Gasteiger partial charge in [-0.05, 0) is 0 Å². The van der Waals surface area contributed by atoms with Crippen molar-refractivity contribution in [2.45, 2.75) is 12.5 Å².